The standard InChI is InChI=1S/C32H35N7O/c1-22-16-23(2)27-18-28(32(40)34-29(27)17-22)30(31-35-36-37-39(31)26-13-7-4-8-14-26)38(20-24-10-5-3-6-11-24)21-25-12-9-15-33-19-25/h3,5-6,9-12,15-19,26,30H,4,7-8,13-14,20-21H2,1-2H3,(H,34,40)/t30-/m0/s1. The molecule has 2 aromatic carbocycles. The molecule has 204 valence electrons. The van der Waals surface area contributed by atoms with Crippen LogP contribution in [-0.4, -0.2) is 35.1 Å². The Morgan fingerprint density at radius 2 is 1.75 bits per heavy atom. The van der Waals surface area contributed by atoms with Gasteiger partial charge in [-0.15, -0.1) is 5.10 Å². The Labute approximate surface area is 234 Å². The minimum Gasteiger partial charge on any atom is -0.322 e. The van der Waals surface area contributed by atoms with Gasteiger partial charge in [-0.3, -0.25) is 14.7 Å². The lowest BCUT2D eigenvalue weighted by molar-refractivity contribution is 0.186. The predicted molar refractivity (Wildman–Crippen MR) is 156 cm³/mol. The van der Waals surface area contributed by atoms with Gasteiger partial charge in [-0.1, -0.05) is 61.7 Å². The maximum absolute atomic E-state index is 13.9. The second kappa shape index (κ2) is 11.5. The number of nitrogens with one attached hydrogen (secondary N) is 1. The topological polar surface area (TPSA) is 92.6 Å². The van der Waals surface area contributed by atoms with Crippen LogP contribution in [0.5, 0.6) is 0 Å². The molecule has 1 fully saturated rings. The fourth-order valence-corrected chi connectivity index (χ4v) is 6.14. The van der Waals surface area contributed by atoms with Crippen molar-refractivity contribution in [1.29, 1.82) is 0 Å². The molecule has 6 rings (SSSR count). The molecule has 0 aliphatic heterocycles. The minimum absolute atomic E-state index is 0.120. The first-order chi connectivity index (χ1) is 19.6. The molecule has 0 bridgehead atoms. The van der Waals surface area contributed by atoms with Crippen LogP contribution in [0.15, 0.2) is 77.9 Å². The van der Waals surface area contributed by atoms with E-state index in [1.165, 1.54) is 6.42 Å². The minimum atomic E-state index is -0.466. The van der Waals surface area contributed by atoms with E-state index in [9.17, 15) is 4.79 Å². The predicted octanol–water partition coefficient (Wildman–Crippen LogP) is 5.82. The highest BCUT2D eigenvalue weighted by Crippen LogP contribution is 2.35. The van der Waals surface area contributed by atoms with Crippen LogP contribution in [0.25, 0.3) is 10.9 Å². The molecule has 1 aliphatic rings. The maximum atomic E-state index is 13.9. The molecule has 5 aromatic rings. The molecule has 0 saturated heterocycles. The summed E-state index contributed by atoms with van der Waals surface area (Å²) in [5.74, 6) is 0.710. The molecule has 8 heteroatoms. The van der Waals surface area contributed by atoms with E-state index in [4.69, 9.17) is 0 Å². The van der Waals surface area contributed by atoms with E-state index in [1.54, 1.807) is 6.20 Å². The number of pyridine rings is 2. The van der Waals surface area contributed by atoms with E-state index in [1.807, 2.05) is 41.2 Å². The van der Waals surface area contributed by atoms with Crippen LogP contribution in [0.1, 0.15) is 77.8 Å². The van der Waals surface area contributed by atoms with Gasteiger partial charge < -0.3 is 4.98 Å². The lowest BCUT2D eigenvalue weighted by atomic mass is 9.94. The Bertz CT molecular complexity index is 1600. The van der Waals surface area contributed by atoms with Crippen LogP contribution in [0.3, 0.4) is 0 Å². The molecule has 40 heavy (non-hydrogen) atoms. The summed E-state index contributed by atoms with van der Waals surface area (Å²) in [6.07, 6.45) is 9.31. The lowest BCUT2D eigenvalue weighted by Crippen LogP contribution is -2.35. The van der Waals surface area contributed by atoms with Gasteiger partial charge in [0.05, 0.1) is 6.04 Å². The van der Waals surface area contributed by atoms with Gasteiger partial charge >= 0.3 is 0 Å². The zero-order chi connectivity index (χ0) is 27.5. The van der Waals surface area contributed by atoms with Crippen LogP contribution in [0, 0.1) is 13.8 Å². The van der Waals surface area contributed by atoms with E-state index in [0.29, 0.717) is 24.5 Å². The van der Waals surface area contributed by atoms with E-state index in [0.717, 1.165) is 58.8 Å². The second-order valence-corrected chi connectivity index (χ2v) is 11.0. The van der Waals surface area contributed by atoms with Gasteiger partial charge in [-0.2, -0.15) is 0 Å². The summed E-state index contributed by atoms with van der Waals surface area (Å²) in [5, 5.41) is 14.3. The number of fused-ring (bicyclic) bond motifs is 1. The first-order valence-electron chi connectivity index (χ1n) is 14.2. The number of tetrazole rings is 1. The Kier molecular flexibility index (Phi) is 7.51. The van der Waals surface area contributed by atoms with Crippen LogP contribution in [0.2, 0.25) is 0 Å². The van der Waals surface area contributed by atoms with Gasteiger partial charge in [-0.25, -0.2) is 4.68 Å². The van der Waals surface area contributed by atoms with E-state index >= 15 is 0 Å². The Morgan fingerprint density at radius 3 is 2.52 bits per heavy atom. The molecular weight excluding hydrogens is 498 g/mol. The van der Waals surface area contributed by atoms with Crippen molar-refractivity contribution in [3.63, 3.8) is 0 Å². The van der Waals surface area contributed by atoms with Crippen molar-refractivity contribution in [1.82, 2.24) is 35.1 Å². The third kappa shape index (κ3) is 5.45. The summed E-state index contributed by atoms with van der Waals surface area (Å²) in [5.41, 5.74) is 5.82. The number of aromatic amines is 1. The molecule has 1 atom stereocenters. The summed E-state index contributed by atoms with van der Waals surface area (Å²) in [6.45, 7) is 5.34. The van der Waals surface area contributed by atoms with Crippen LogP contribution >= 0.6 is 0 Å². The summed E-state index contributed by atoms with van der Waals surface area (Å²) in [7, 11) is 0. The largest absolute Gasteiger partial charge is 0.322 e. The van der Waals surface area contributed by atoms with Crippen LogP contribution in [0.4, 0.5) is 0 Å². The molecule has 0 unspecified atom stereocenters. The summed E-state index contributed by atoms with van der Waals surface area (Å²) in [4.78, 5) is 23.8. The van der Waals surface area contributed by atoms with Crippen molar-refractivity contribution in [3.05, 3.63) is 117 Å². The molecule has 3 heterocycles. The normalized spacial score (nSPS) is 15.1. The van der Waals surface area contributed by atoms with Crippen molar-refractivity contribution >= 4 is 10.9 Å². The molecule has 3 aromatic heterocycles. The smallest absolute Gasteiger partial charge is 0.253 e. The molecule has 1 aliphatic carbocycles. The monoisotopic (exact) mass is 533 g/mol. The van der Waals surface area contributed by atoms with Crippen LogP contribution < -0.4 is 5.56 Å². The van der Waals surface area contributed by atoms with Crippen LogP contribution in [-0.2, 0) is 13.1 Å². The molecule has 1 saturated carbocycles. The number of benzene rings is 2. The first kappa shape index (κ1) is 26.1. The number of nitrogens with zero attached hydrogens (tertiary/aromatic N) is 6. The fourth-order valence-electron chi connectivity index (χ4n) is 6.14. The average molecular weight is 534 g/mol. The fraction of sp³-hybridized carbons (Fsp3) is 0.344. The third-order valence-electron chi connectivity index (χ3n) is 8.02. The number of aryl methyl sites for hydroxylation is 2. The van der Waals surface area contributed by atoms with Crippen molar-refractivity contribution in [3.8, 4) is 0 Å². The van der Waals surface area contributed by atoms with Crippen molar-refractivity contribution < 1.29 is 0 Å². The number of H-pyrrole nitrogens is 1. The van der Waals surface area contributed by atoms with Gasteiger partial charge in [-0.05, 0) is 77.6 Å². The van der Waals surface area contributed by atoms with Gasteiger partial charge in [0, 0.05) is 41.9 Å². The second-order valence-electron chi connectivity index (χ2n) is 11.0. The van der Waals surface area contributed by atoms with Gasteiger partial charge in [0.15, 0.2) is 5.82 Å². The summed E-state index contributed by atoms with van der Waals surface area (Å²) >= 11 is 0. The van der Waals surface area contributed by atoms with E-state index in [-0.39, 0.29) is 11.6 Å². The Hall–Kier alpha value is -4.17. The lowest BCUT2D eigenvalue weighted by Gasteiger charge is -2.32. The maximum Gasteiger partial charge on any atom is 0.253 e. The average Bonchev–Trinajstić information content (AvgIpc) is 3.45. The summed E-state index contributed by atoms with van der Waals surface area (Å²) in [6, 6.07) is 20.4. The number of rotatable bonds is 8. The van der Waals surface area contributed by atoms with Gasteiger partial charge in [0.2, 0.25) is 0 Å². The highest BCUT2D eigenvalue weighted by molar-refractivity contribution is 5.83. The van der Waals surface area contributed by atoms with E-state index < -0.39 is 6.04 Å². The SMILES string of the molecule is Cc1cc(C)c2cc([C@@H](c3nnnn3C3CCCCC3)N(Cc3ccccc3)Cc3cccnc3)c(=O)[nH]c2c1. The highest BCUT2D eigenvalue weighted by Gasteiger charge is 2.33. The third-order valence-corrected chi connectivity index (χ3v) is 8.02. The van der Waals surface area contributed by atoms with Gasteiger partial charge in [0.25, 0.3) is 5.56 Å². The highest BCUT2D eigenvalue weighted by atomic mass is 16.1. The number of hydrogen-bond donors (Lipinski definition) is 1. The number of aromatic nitrogens is 6. The molecule has 1 N–H and O–H groups in total. The van der Waals surface area contributed by atoms with Crippen molar-refractivity contribution in [2.45, 2.75) is 71.1 Å². The molecular formula is C32H35N7O. The first-order valence-corrected chi connectivity index (χ1v) is 14.2. The molecule has 0 radical (unpaired) electrons. The van der Waals surface area contributed by atoms with E-state index in [2.05, 4.69) is 74.6 Å². The van der Waals surface area contributed by atoms with Gasteiger partial charge in [0.1, 0.15) is 6.04 Å². The Morgan fingerprint density at radius 1 is 0.975 bits per heavy atom. The molecule has 0 spiro atoms. The summed E-state index contributed by atoms with van der Waals surface area (Å²) < 4.78 is 2.00. The van der Waals surface area contributed by atoms with Crippen molar-refractivity contribution in [2.24, 2.45) is 0 Å². The Balaban J connectivity index is 1.55. The quantitative estimate of drug-likeness (QED) is 0.270. The number of hydrogen-bond acceptors (Lipinski definition) is 6. The molecule has 8 nitrogen and oxygen atoms in total. The molecule has 0 amide bonds. The zero-order valence-electron chi connectivity index (χ0n) is 23.1. The van der Waals surface area contributed by atoms with Crippen molar-refractivity contribution in [2.75, 3.05) is 0 Å². The zero-order valence-corrected chi connectivity index (χ0v) is 23.1.